The molecular weight excluding hydrogens is 533 g/mol. The van der Waals surface area contributed by atoms with Crippen molar-refractivity contribution in [1.82, 2.24) is 4.98 Å². The van der Waals surface area contributed by atoms with E-state index in [4.69, 9.17) is 18.9 Å². The summed E-state index contributed by atoms with van der Waals surface area (Å²) in [6.07, 6.45) is 4.56. The molecule has 0 spiro atoms. The number of esters is 2. The molecule has 37 heavy (non-hydrogen) atoms. The van der Waals surface area contributed by atoms with Crippen LogP contribution >= 0.6 is 31.1 Å². The lowest BCUT2D eigenvalue weighted by atomic mass is 10.1. The molecule has 1 aliphatic heterocycles. The minimum absolute atomic E-state index is 0.115. The Kier molecular flexibility index (Phi) is 10.6. The van der Waals surface area contributed by atoms with Crippen LogP contribution in [0.25, 0.3) is 0 Å². The summed E-state index contributed by atoms with van der Waals surface area (Å²) >= 11 is 3.54. The van der Waals surface area contributed by atoms with Crippen molar-refractivity contribution in [3.63, 3.8) is 0 Å². The summed E-state index contributed by atoms with van der Waals surface area (Å²) in [6, 6.07) is 13.0. The summed E-state index contributed by atoms with van der Waals surface area (Å²) in [5.74, 6) is 0.508. The Morgan fingerprint density at radius 2 is 1.95 bits per heavy atom. The van der Waals surface area contributed by atoms with Crippen LogP contribution in [0.3, 0.4) is 0 Å². The molecule has 1 aliphatic rings. The molecule has 0 fully saturated rings. The number of carbonyl (C=O) groups is 2. The molecule has 8 nitrogen and oxygen atoms in total. The fourth-order valence-electron chi connectivity index (χ4n) is 3.39. The Hall–Kier alpha value is -2.36. The van der Waals surface area contributed by atoms with Crippen molar-refractivity contribution in [1.29, 1.82) is 0 Å². The third kappa shape index (κ3) is 9.16. The third-order valence-electron chi connectivity index (χ3n) is 5.25. The highest BCUT2D eigenvalue weighted by Gasteiger charge is 2.38. The number of benzene rings is 1. The van der Waals surface area contributed by atoms with Crippen molar-refractivity contribution in [2.45, 2.75) is 23.2 Å². The van der Waals surface area contributed by atoms with E-state index in [0.717, 1.165) is 29.2 Å². The smallest absolute Gasteiger partial charge is 0.338 e. The average molecular weight is 564 g/mol. The highest BCUT2D eigenvalue weighted by atomic mass is 32.2. The maximum atomic E-state index is 12.2. The number of hydrogen-bond donors (Lipinski definition) is 1. The van der Waals surface area contributed by atoms with Crippen LogP contribution in [-0.4, -0.2) is 54.1 Å². The van der Waals surface area contributed by atoms with Gasteiger partial charge in [-0.15, -0.1) is 23.5 Å². The second-order valence-corrected chi connectivity index (χ2v) is 13.1. The summed E-state index contributed by atoms with van der Waals surface area (Å²) in [7, 11) is -3.60. The highest BCUT2D eigenvalue weighted by molar-refractivity contribution is 8.17. The van der Waals surface area contributed by atoms with Crippen LogP contribution in [0.2, 0.25) is 0 Å². The number of hydrogen-bond acceptors (Lipinski definition) is 9. The quantitative estimate of drug-likeness (QED) is 0.119. The number of thioether (sulfide) groups is 2. The van der Waals surface area contributed by atoms with E-state index in [-0.39, 0.29) is 23.9 Å². The van der Waals surface area contributed by atoms with Gasteiger partial charge in [0.05, 0.1) is 17.9 Å². The van der Waals surface area contributed by atoms with Crippen molar-refractivity contribution in [2.24, 2.45) is 0 Å². The van der Waals surface area contributed by atoms with E-state index < -0.39 is 19.5 Å². The second-order valence-electron chi connectivity index (χ2n) is 8.43. The van der Waals surface area contributed by atoms with Crippen LogP contribution in [0, 0.1) is 0 Å². The van der Waals surface area contributed by atoms with Crippen molar-refractivity contribution >= 4 is 43.1 Å². The molecule has 2 unspecified atom stereocenters. The molecule has 2 aromatic rings. The van der Waals surface area contributed by atoms with Gasteiger partial charge < -0.3 is 18.9 Å². The van der Waals surface area contributed by atoms with Gasteiger partial charge in [-0.2, -0.15) is 0 Å². The highest BCUT2D eigenvalue weighted by Crippen LogP contribution is 2.53. The first-order valence-corrected chi connectivity index (χ1v) is 15.5. The maximum Gasteiger partial charge on any atom is 0.338 e. The van der Waals surface area contributed by atoms with Crippen molar-refractivity contribution in [2.75, 3.05) is 32.2 Å². The van der Waals surface area contributed by atoms with Gasteiger partial charge in [-0.3, -0.25) is 9.55 Å². The molecule has 2 heterocycles. The van der Waals surface area contributed by atoms with Crippen LogP contribution < -0.4 is 0 Å². The van der Waals surface area contributed by atoms with Gasteiger partial charge >= 0.3 is 19.5 Å². The van der Waals surface area contributed by atoms with Crippen molar-refractivity contribution < 1.29 is 33.0 Å². The molecule has 0 saturated heterocycles. The number of pyridine rings is 1. The molecule has 3 rings (SSSR count). The molecule has 11 heteroatoms. The molecular formula is C26H30NO7PS2. The number of nitrogens with zero attached hydrogens (tertiary/aromatic N) is 1. The van der Waals surface area contributed by atoms with Gasteiger partial charge in [0.25, 0.3) is 0 Å². The molecule has 1 N–H and O–H groups in total. The topological polar surface area (TPSA) is 112 Å². The largest absolute Gasteiger partial charge is 0.460 e. The zero-order valence-electron chi connectivity index (χ0n) is 20.8. The van der Waals surface area contributed by atoms with E-state index in [1.807, 2.05) is 30.3 Å². The Labute approximate surface area is 225 Å². The first-order chi connectivity index (χ1) is 17.6. The predicted octanol–water partition coefficient (Wildman–Crippen LogP) is 5.34. The van der Waals surface area contributed by atoms with Gasteiger partial charge in [0.15, 0.2) is 0 Å². The molecule has 0 aliphatic carbocycles. The van der Waals surface area contributed by atoms with E-state index in [0.29, 0.717) is 23.3 Å². The molecule has 1 aromatic carbocycles. The van der Waals surface area contributed by atoms with Crippen LogP contribution in [0.5, 0.6) is 0 Å². The summed E-state index contributed by atoms with van der Waals surface area (Å²) in [5, 5.41) is 0. The van der Waals surface area contributed by atoms with E-state index in [1.165, 1.54) is 0 Å². The Morgan fingerprint density at radius 1 is 1.19 bits per heavy atom. The van der Waals surface area contributed by atoms with Crippen LogP contribution in [-0.2, 0) is 33.2 Å². The lowest BCUT2D eigenvalue weighted by molar-refractivity contribution is -0.138. The molecule has 1 aromatic heterocycles. The summed E-state index contributed by atoms with van der Waals surface area (Å²) < 4.78 is 26.0. The van der Waals surface area contributed by atoms with Gasteiger partial charge in [-0.25, -0.2) is 9.59 Å². The second kappa shape index (κ2) is 13.4. The van der Waals surface area contributed by atoms with Crippen molar-refractivity contribution in [3.05, 3.63) is 89.3 Å². The van der Waals surface area contributed by atoms with Gasteiger partial charge in [-0.05, 0) is 42.3 Å². The summed E-state index contributed by atoms with van der Waals surface area (Å²) in [6.45, 7) is 6.29. The van der Waals surface area contributed by atoms with Gasteiger partial charge in [0, 0.05) is 36.4 Å². The van der Waals surface area contributed by atoms with Gasteiger partial charge in [0.1, 0.15) is 17.3 Å². The van der Waals surface area contributed by atoms with Crippen LogP contribution in [0.4, 0.5) is 0 Å². The fourth-order valence-corrected chi connectivity index (χ4v) is 6.81. The number of rotatable bonds is 12. The molecule has 0 bridgehead atoms. The Bertz CT molecular complexity index is 1180. The predicted molar refractivity (Wildman–Crippen MR) is 147 cm³/mol. The standard InChI is InChI=1S/C26H30NO7PS2/c1-19(2)24(28)33-17-21-11-15-36-26(16-21,23-6-4-5-12-27-23)37-18-20-7-9-22(10-8-20)25(29)32-13-14-34-35(3,30)31/h4-12H,1,13-18H2,2-3H3,(H,30,31). The number of ether oxygens (including phenoxy) is 2. The van der Waals surface area contributed by atoms with Gasteiger partial charge in [0.2, 0.25) is 0 Å². The normalized spacial score (nSPS) is 18.8. The zero-order valence-corrected chi connectivity index (χ0v) is 23.3. The SMILES string of the molecule is C=C(C)C(=O)OCC1=CCSC(SCc2ccc(C(=O)OCCOP(C)(=O)O)cc2)(c2ccccn2)C1. The molecule has 0 amide bonds. The third-order valence-corrected chi connectivity index (χ3v) is 9.07. The molecule has 2 atom stereocenters. The lowest BCUT2D eigenvalue weighted by Gasteiger charge is -2.36. The summed E-state index contributed by atoms with van der Waals surface area (Å²) in [5.41, 5.74) is 3.76. The molecule has 0 saturated carbocycles. The monoisotopic (exact) mass is 563 g/mol. The Morgan fingerprint density at radius 3 is 2.59 bits per heavy atom. The number of aromatic nitrogens is 1. The fraction of sp³-hybridized carbons (Fsp3) is 0.346. The minimum atomic E-state index is -3.60. The molecule has 198 valence electrons. The summed E-state index contributed by atoms with van der Waals surface area (Å²) in [4.78, 5) is 37.9. The van der Waals surface area contributed by atoms with Crippen LogP contribution in [0.15, 0.2) is 72.5 Å². The molecule has 0 radical (unpaired) electrons. The lowest BCUT2D eigenvalue weighted by Crippen LogP contribution is -2.25. The first-order valence-electron chi connectivity index (χ1n) is 11.5. The van der Waals surface area contributed by atoms with E-state index >= 15 is 0 Å². The average Bonchev–Trinajstić information content (AvgIpc) is 2.89. The first kappa shape index (κ1) is 29.2. The van der Waals surface area contributed by atoms with E-state index in [2.05, 4.69) is 17.6 Å². The number of carbonyl (C=O) groups excluding carboxylic acids is 2. The minimum Gasteiger partial charge on any atom is -0.460 e. The zero-order chi connectivity index (χ0) is 26.9. The van der Waals surface area contributed by atoms with Crippen molar-refractivity contribution in [3.8, 4) is 0 Å². The van der Waals surface area contributed by atoms with Gasteiger partial charge in [-0.1, -0.05) is 30.9 Å². The van der Waals surface area contributed by atoms with E-state index in [9.17, 15) is 14.2 Å². The van der Waals surface area contributed by atoms with Crippen LogP contribution in [0.1, 0.15) is 35.0 Å². The maximum absolute atomic E-state index is 12.2. The Balaban J connectivity index is 1.63. The van der Waals surface area contributed by atoms with E-state index in [1.54, 1.807) is 48.8 Å².